The largest absolute Gasteiger partial charge is 0.472 e. The highest BCUT2D eigenvalue weighted by atomic mass is 35.5. The lowest BCUT2D eigenvalue weighted by Gasteiger charge is -2.18. The van der Waals surface area contributed by atoms with Crippen LogP contribution in [0.15, 0.2) is 29.1 Å². The molecule has 0 radical (unpaired) electrons. The molecule has 2 heterocycles. The minimum atomic E-state index is -4.63. The van der Waals surface area contributed by atoms with Gasteiger partial charge in [-0.25, -0.2) is 9.97 Å². The topological polar surface area (TPSA) is 42.2 Å². The summed E-state index contributed by atoms with van der Waals surface area (Å²) in [6, 6.07) is 2.99. The molecule has 0 unspecified atom stereocenters. The van der Waals surface area contributed by atoms with Crippen molar-refractivity contribution < 1.29 is 17.6 Å². The Balaban J connectivity index is 2.26. The summed E-state index contributed by atoms with van der Waals surface area (Å²) < 4.78 is 42.6. The number of halogens is 4. The van der Waals surface area contributed by atoms with E-state index in [1.54, 1.807) is 13.1 Å². The van der Waals surface area contributed by atoms with Crippen LogP contribution in [-0.2, 0) is 12.7 Å². The maximum absolute atomic E-state index is 12.6. The summed E-state index contributed by atoms with van der Waals surface area (Å²) in [7, 11) is 1.60. The second kappa shape index (κ2) is 5.08. The molecule has 0 saturated carbocycles. The van der Waals surface area contributed by atoms with Crippen molar-refractivity contribution in [3.05, 3.63) is 41.2 Å². The Morgan fingerprint density at radius 2 is 2.11 bits per heavy atom. The molecule has 0 atom stereocenters. The summed E-state index contributed by atoms with van der Waals surface area (Å²) in [5.41, 5.74) is 0.811. The number of furan rings is 1. The molecule has 0 bridgehead atoms. The SMILES string of the molecule is CN(Cc1ccoc1)c1cc(Cl)nc(C(F)(F)F)n1. The van der Waals surface area contributed by atoms with E-state index in [9.17, 15) is 13.2 Å². The molecule has 19 heavy (non-hydrogen) atoms. The third-order valence-corrected chi connectivity index (χ3v) is 2.52. The van der Waals surface area contributed by atoms with Crippen LogP contribution in [0.3, 0.4) is 0 Å². The van der Waals surface area contributed by atoms with Gasteiger partial charge in [0.1, 0.15) is 11.0 Å². The normalized spacial score (nSPS) is 11.6. The maximum atomic E-state index is 12.6. The monoisotopic (exact) mass is 291 g/mol. The molecule has 102 valence electrons. The molecular formula is C11H9ClF3N3O. The van der Waals surface area contributed by atoms with Crippen LogP contribution >= 0.6 is 11.6 Å². The van der Waals surface area contributed by atoms with E-state index in [1.165, 1.54) is 23.5 Å². The van der Waals surface area contributed by atoms with Crippen LogP contribution in [0.5, 0.6) is 0 Å². The number of nitrogens with zero attached hydrogens (tertiary/aromatic N) is 3. The first kappa shape index (κ1) is 13.7. The molecule has 0 saturated heterocycles. The van der Waals surface area contributed by atoms with Gasteiger partial charge in [-0.15, -0.1) is 0 Å². The molecule has 0 aliphatic rings. The average molecular weight is 292 g/mol. The fourth-order valence-corrected chi connectivity index (χ4v) is 1.64. The minimum absolute atomic E-state index is 0.0912. The lowest BCUT2D eigenvalue weighted by atomic mass is 10.3. The number of anilines is 1. The van der Waals surface area contributed by atoms with Gasteiger partial charge in [-0.05, 0) is 6.07 Å². The van der Waals surface area contributed by atoms with Crippen molar-refractivity contribution >= 4 is 17.4 Å². The molecule has 2 aromatic rings. The first-order valence-electron chi connectivity index (χ1n) is 5.20. The van der Waals surface area contributed by atoms with E-state index in [0.29, 0.717) is 6.54 Å². The first-order chi connectivity index (χ1) is 8.86. The Hall–Kier alpha value is -1.76. The Morgan fingerprint density at radius 1 is 1.37 bits per heavy atom. The van der Waals surface area contributed by atoms with Crippen LogP contribution in [0.1, 0.15) is 11.4 Å². The van der Waals surface area contributed by atoms with Crippen LogP contribution < -0.4 is 4.90 Å². The zero-order chi connectivity index (χ0) is 14.0. The summed E-state index contributed by atoms with van der Waals surface area (Å²) in [5.74, 6) is -1.16. The summed E-state index contributed by atoms with van der Waals surface area (Å²) in [5, 5.41) is -0.253. The maximum Gasteiger partial charge on any atom is 0.451 e. The van der Waals surface area contributed by atoms with Gasteiger partial charge in [0.15, 0.2) is 0 Å². The number of hydrogen-bond donors (Lipinski definition) is 0. The van der Waals surface area contributed by atoms with Gasteiger partial charge in [0.05, 0.1) is 12.5 Å². The number of aromatic nitrogens is 2. The predicted octanol–water partition coefficient (Wildman–Crippen LogP) is 3.38. The van der Waals surface area contributed by atoms with E-state index in [-0.39, 0.29) is 11.0 Å². The summed E-state index contributed by atoms with van der Waals surface area (Å²) >= 11 is 5.59. The van der Waals surface area contributed by atoms with Crippen LogP contribution in [-0.4, -0.2) is 17.0 Å². The molecule has 2 rings (SSSR count). The van der Waals surface area contributed by atoms with Gasteiger partial charge in [-0.3, -0.25) is 0 Å². The molecule has 0 amide bonds. The molecular weight excluding hydrogens is 283 g/mol. The number of hydrogen-bond acceptors (Lipinski definition) is 4. The summed E-state index contributed by atoms with van der Waals surface area (Å²) in [6.07, 6.45) is -1.64. The molecule has 0 aliphatic heterocycles. The van der Waals surface area contributed by atoms with Gasteiger partial charge < -0.3 is 9.32 Å². The standard InChI is InChI=1S/C11H9ClF3N3O/c1-18(5-7-2-3-19-6-7)9-4-8(12)16-10(17-9)11(13,14)15/h2-4,6H,5H2,1H3. The molecule has 8 heteroatoms. The van der Waals surface area contributed by atoms with E-state index in [4.69, 9.17) is 16.0 Å². The Labute approximate surface area is 111 Å². The van der Waals surface area contributed by atoms with Crippen molar-refractivity contribution in [1.82, 2.24) is 9.97 Å². The minimum Gasteiger partial charge on any atom is -0.472 e. The molecule has 4 nitrogen and oxygen atoms in total. The van der Waals surface area contributed by atoms with Gasteiger partial charge in [0.2, 0.25) is 5.82 Å². The zero-order valence-electron chi connectivity index (χ0n) is 9.78. The van der Waals surface area contributed by atoms with Gasteiger partial charge in [-0.2, -0.15) is 13.2 Å². The lowest BCUT2D eigenvalue weighted by Crippen LogP contribution is -2.20. The smallest absolute Gasteiger partial charge is 0.451 e. The Morgan fingerprint density at radius 3 is 2.68 bits per heavy atom. The van der Waals surface area contributed by atoms with Gasteiger partial charge in [0.25, 0.3) is 0 Å². The van der Waals surface area contributed by atoms with Crippen molar-refractivity contribution in [2.45, 2.75) is 12.7 Å². The van der Waals surface area contributed by atoms with Gasteiger partial charge in [-0.1, -0.05) is 11.6 Å². The average Bonchev–Trinajstić information content (AvgIpc) is 2.79. The molecule has 0 spiro atoms. The van der Waals surface area contributed by atoms with E-state index in [2.05, 4.69) is 9.97 Å². The van der Waals surface area contributed by atoms with E-state index >= 15 is 0 Å². The van der Waals surface area contributed by atoms with Crippen molar-refractivity contribution in [2.24, 2.45) is 0 Å². The van der Waals surface area contributed by atoms with Gasteiger partial charge >= 0.3 is 6.18 Å². The second-order valence-corrected chi connectivity index (χ2v) is 4.25. The van der Waals surface area contributed by atoms with Crippen molar-refractivity contribution in [3.63, 3.8) is 0 Å². The Kier molecular flexibility index (Phi) is 3.66. The van der Waals surface area contributed by atoms with Crippen molar-refractivity contribution in [1.29, 1.82) is 0 Å². The van der Waals surface area contributed by atoms with Crippen LogP contribution in [0.2, 0.25) is 5.15 Å². The van der Waals surface area contributed by atoms with Crippen LogP contribution in [0, 0.1) is 0 Å². The molecule has 0 fully saturated rings. The van der Waals surface area contributed by atoms with Gasteiger partial charge in [0, 0.05) is 25.2 Å². The van der Waals surface area contributed by atoms with Crippen molar-refractivity contribution in [3.8, 4) is 0 Å². The van der Waals surface area contributed by atoms with Crippen LogP contribution in [0.4, 0.5) is 19.0 Å². The van der Waals surface area contributed by atoms with Crippen molar-refractivity contribution in [2.75, 3.05) is 11.9 Å². The first-order valence-corrected chi connectivity index (χ1v) is 5.58. The highest BCUT2D eigenvalue weighted by Gasteiger charge is 2.35. The molecule has 0 N–H and O–H groups in total. The molecule has 0 aromatic carbocycles. The Bertz CT molecular complexity index is 557. The fraction of sp³-hybridized carbons (Fsp3) is 0.273. The zero-order valence-corrected chi connectivity index (χ0v) is 10.5. The van der Waals surface area contributed by atoms with E-state index in [1.807, 2.05) is 0 Å². The third kappa shape index (κ3) is 3.37. The molecule has 0 aliphatic carbocycles. The second-order valence-electron chi connectivity index (χ2n) is 3.86. The highest BCUT2D eigenvalue weighted by molar-refractivity contribution is 6.29. The van der Waals surface area contributed by atoms with E-state index in [0.717, 1.165) is 5.56 Å². The molecule has 2 aromatic heterocycles. The number of rotatable bonds is 3. The highest BCUT2D eigenvalue weighted by Crippen LogP contribution is 2.29. The lowest BCUT2D eigenvalue weighted by molar-refractivity contribution is -0.144. The van der Waals surface area contributed by atoms with Crippen LogP contribution in [0.25, 0.3) is 0 Å². The van der Waals surface area contributed by atoms with E-state index < -0.39 is 12.0 Å². The summed E-state index contributed by atoms with van der Waals surface area (Å²) in [4.78, 5) is 8.15. The fourth-order valence-electron chi connectivity index (χ4n) is 1.47. The third-order valence-electron chi connectivity index (χ3n) is 2.33. The summed E-state index contributed by atoms with van der Waals surface area (Å²) in [6.45, 7) is 0.348. The predicted molar refractivity (Wildman–Crippen MR) is 62.9 cm³/mol. The quantitative estimate of drug-likeness (QED) is 0.813. The number of alkyl halides is 3.